The molecule has 0 bridgehead atoms. The Bertz CT molecular complexity index is 97.5. The summed E-state index contributed by atoms with van der Waals surface area (Å²) < 4.78 is 5.01. The van der Waals surface area contributed by atoms with E-state index < -0.39 is 0 Å². The third-order valence-electron chi connectivity index (χ3n) is 2.28. The van der Waals surface area contributed by atoms with E-state index in [0.717, 1.165) is 19.7 Å². The van der Waals surface area contributed by atoms with Crippen molar-refractivity contribution in [2.75, 3.05) is 46.9 Å². The molecule has 0 radical (unpaired) electrons. The Morgan fingerprint density at radius 3 is 2.50 bits per heavy atom. The second-order valence-electron chi connectivity index (χ2n) is 3.71. The first kappa shape index (κ1) is 13.9. The number of methoxy groups -OCH3 is 1. The Kier molecular flexibility index (Phi) is 10.9. The third kappa shape index (κ3) is 9.96. The molecule has 0 aromatic rings. The van der Waals surface area contributed by atoms with Gasteiger partial charge in [0.15, 0.2) is 0 Å². The van der Waals surface area contributed by atoms with Crippen LogP contribution in [0.25, 0.3) is 0 Å². The predicted molar refractivity (Wildman–Crippen MR) is 61.8 cm³/mol. The zero-order chi connectivity index (χ0) is 10.6. The fourth-order valence-electron chi connectivity index (χ4n) is 1.39. The van der Waals surface area contributed by atoms with Gasteiger partial charge in [-0.3, -0.25) is 0 Å². The first-order valence-electron chi connectivity index (χ1n) is 5.69. The highest BCUT2D eigenvalue weighted by Gasteiger charge is 1.97. The van der Waals surface area contributed by atoms with E-state index in [1.165, 1.54) is 32.4 Å². The molecule has 0 fully saturated rings. The fourth-order valence-corrected chi connectivity index (χ4v) is 1.39. The van der Waals surface area contributed by atoms with Crippen molar-refractivity contribution in [2.45, 2.75) is 26.2 Å². The van der Waals surface area contributed by atoms with E-state index >= 15 is 0 Å². The minimum absolute atomic E-state index is 0.894. The Morgan fingerprint density at radius 1 is 1.14 bits per heavy atom. The summed E-state index contributed by atoms with van der Waals surface area (Å²) in [6.45, 7) is 7.64. The smallest absolute Gasteiger partial charge is 0.0462 e. The van der Waals surface area contributed by atoms with Crippen molar-refractivity contribution in [2.24, 2.45) is 0 Å². The Balaban J connectivity index is 3.07. The molecule has 0 aliphatic rings. The Morgan fingerprint density at radius 2 is 1.86 bits per heavy atom. The molecule has 0 unspecified atom stereocenters. The van der Waals surface area contributed by atoms with Gasteiger partial charge in [-0.25, -0.2) is 0 Å². The van der Waals surface area contributed by atoms with Crippen LogP contribution in [0.3, 0.4) is 0 Å². The van der Waals surface area contributed by atoms with E-state index in [9.17, 15) is 0 Å². The van der Waals surface area contributed by atoms with E-state index in [4.69, 9.17) is 4.74 Å². The molecular weight excluding hydrogens is 176 g/mol. The van der Waals surface area contributed by atoms with Crippen LogP contribution in [0.4, 0.5) is 0 Å². The van der Waals surface area contributed by atoms with Crippen LogP contribution in [0.1, 0.15) is 26.2 Å². The average Bonchev–Trinajstić information content (AvgIpc) is 2.19. The second kappa shape index (κ2) is 11.0. The molecule has 0 aromatic carbocycles. The summed E-state index contributed by atoms with van der Waals surface area (Å²) in [7, 11) is 3.96. The Hall–Kier alpha value is -0.120. The molecule has 0 aliphatic carbocycles. The summed E-state index contributed by atoms with van der Waals surface area (Å²) in [6, 6.07) is 0. The van der Waals surface area contributed by atoms with Crippen molar-refractivity contribution in [3.05, 3.63) is 0 Å². The number of nitrogens with one attached hydrogen (secondary N) is 1. The van der Waals surface area contributed by atoms with Gasteiger partial charge in [-0.1, -0.05) is 6.92 Å². The molecule has 0 rings (SSSR count). The van der Waals surface area contributed by atoms with Crippen LogP contribution in [-0.2, 0) is 4.74 Å². The molecule has 3 nitrogen and oxygen atoms in total. The number of nitrogens with zero attached hydrogens (tertiary/aromatic N) is 1. The summed E-state index contributed by atoms with van der Waals surface area (Å²) in [5, 5.41) is 3.33. The molecule has 86 valence electrons. The van der Waals surface area contributed by atoms with Gasteiger partial charge in [0.2, 0.25) is 0 Å². The molecule has 0 aliphatic heterocycles. The maximum Gasteiger partial charge on any atom is 0.0462 e. The van der Waals surface area contributed by atoms with Crippen molar-refractivity contribution in [3.8, 4) is 0 Å². The van der Waals surface area contributed by atoms with Crippen molar-refractivity contribution in [1.29, 1.82) is 0 Å². The number of unbranched alkanes of at least 4 members (excludes halogenated alkanes) is 1. The monoisotopic (exact) mass is 202 g/mol. The zero-order valence-electron chi connectivity index (χ0n) is 10.0. The molecule has 0 saturated carbocycles. The van der Waals surface area contributed by atoms with Crippen LogP contribution in [0.15, 0.2) is 0 Å². The van der Waals surface area contributed by atoms with Crippen LogP contribution >= 0.6 is 0 Å². The van der Waals surface area contributed by atoms with Crippen molar-refractivity contribution >= 4 is 0 Å². The predicted octanol–water partition coefficient (Wildman–Crippen LogP) is 1.34. The normalized spacial score (nSPS) is 11.1. The SMILES string of the molecule is CCNCCCN(C)CCCCOC. The molecule has 3 heteroatoms. The first-order chi connectivity index (χ1) is 6.81. The first-order valence-corrected chi connectivity index (χ1v) is 5.69. The highest BCUT2D eigenvalue weighted by molar-refractivity contribution is 4.54. The topological polar surface area (TPSA) is 24.5 Å². The molecule has 0 spiro atoms. The van der Waals surface area contributed by atoms with Gasteiger partial charge in [0.05, 0.1) is 0 Å². The molecule has 0 atom stereocenters. The molecule has 0 aromatic heterocycles. The van der Waals surface area contributed by atoms with Gasteiger partial charge in [-0.15, -0.1) is 0 Å². The lowest BCUT2D eigenvalue weighted by Crippen LogP contribution is -2.25. The summed E-state index contributed by atoms with van der Waals surface area (Å²) in [6.07, 6.45) is 3.66. The van der Waals surface area contributed by atoms with Crippen molar-refractivity contribution in [3.63, 3.8) is 0 Å². The Labute approximate surface area is 88.8 Å². The number of hydrogen-bond donors (Lipinski definition) is 1. The van der Waals surface area contributed by atoms with Gasteiger partial charge in [-0.05, 0) is 52.5 Å². The highest BCUT2D eigenvalue weighted by Crippen LogP contribution is 1.94. The summed E-state index contributed by atoms with van der Waals surface area (Å²) in [5.41, 5.74) is 0. The summed E-state index contributed by atoms with van der Waals surface area (Å²) >= 11 is 0. The zero-order valence-corrected chi connectivity index (χ0v) is 10.0. The van der Waals surface area contributed by atoms with Crippen LogP contribution in [0.2, 0.25) is 0 Å². The highest BCUT2D eigenvalue weighted by atomic mass is 16.5. The lowest BCUT2D eigenvalue weighted by molar-refractivity contribution is 0.187. The molecule has 0 amide bonds. The summed E-state index contributed by atoms with van der Waals surface area (Å²) in [5.74, 6) is 0. The minimum Gasteiger partial charge on any atom is -0.385 e. The van der Waals surface area contributed by atoms with Crippen LogP contribution < -0.4 is 5.32 Å². The van der Waals surface area contributed by atoms with E-state index in [-0.39, 0.29) is 0 Å². The quantitative estimate of drug-likeness (QED) is 0.541. The molecule has 0 saturated heterocycles. The van der Waals surface area contributed by atoms with Gasteiger partial charge in [0.1, 0.15) is 0 Å². The van der Waals surface area contributed by atoms with Crippen LogP contribution in [0.5, 0.6) is 0 Å². The van der Waals surface area contributed by atoms with Gasteiger partial charge in [0, 0.05) is 13.7 Å². The van der Waals surface area contributed by atoms with Crippen molar-refractivity contribution in [1.82, 2.24) is 10.2 Å². The maximum atomic E-state index is 5.01. The molecule has 14 heavy (non-hydrogen) atoms. The van der Waals surface area contributed by atoms with Gasteiger partial charge >= 0.3 is 0 Å². The number of ether oxygens (including phenoxy) is 1. The van der Waals surface area contributed by atoms with Crippen LogP contribution in [0, 0.1) is 0 Å². The van der Waals surface area contributed by atoms with Crippen LogP contribution in [-0.4, -0.2) is 51.8 Å². The molecule has 1 N–H and O–H groups in total. The third-order valence-corrected chi connectivity index (χ3v) is 2.28. The maximum absolute atomic E-state index is 5.01. The van der Waals surface area contributed by atoms with Gasteiger partial charge in [-0.2, -0.15) is 0 Å². The largest absolute Gasteiger partial charge is 0.385 e. The average molecular weight is 202 g/mol. The van der Waals surface area contributed by atoms with Gasteiger partial charge < -0.3 is 15.0 Å². The minimum atomic E-state index is 0.894. The second-order valence-corrected chi connectivity index (χ2v) is 3.71. The van der Waals surface area contributed by atoms with E-state index in [1.807, 2.05) is 0 Å². The lowest BCUT2D eigenvalue weighted by Gasteiger charge is -2.16. The summed E-state index contributed by atoms with van der Waals surface area (Å²) in [4.78, 5) is 2.40. The number of hydrogen-bond acceptors (Lipinski definition) is 3. The fraction of sp³-hybridized carbons (Fsp3) is 1.00. The van der Waals surface area contributed by atoms with E-state index in [2.05, 4.69) is 24.2 Å². The standard InChI is InChI=1S/C11H26N2O/c1-4-12-8-7-10-13(2)9-5-6-11-14-3/h12H,4-11H2,1-3H3. The molecular formula is C11H26N2O. The van der Waals surface area contributed by atoms with Gasteiger partial charge in [0.25, 0.3) is 0 Å². The van der Waals surface area contributed by atoms with Crippen molar-refractivity contribution < 1.29 is 4.74 Å². The molecule has 0 heterocycles. The lowest BCUT2D eigenvalue weighted by atomic mass is 10.3. The number of rotatable bonds is 10. The van der Waals surface area contributed by atoms with E-state index in [0.29, 0.717) is 0 Å². The van der Waals surface area contributed by atoms with E-state index in [1.54, 1.807) is 7.11 Å².